The lowest BCUT2D eigenvalue weighted by Crippen LogP contribution is -1.98. The summed E-state index contributed by atoms with van der Waals surface area (Å²) in [4.78, 5) is 0. The van der Waals surface area contributed by atoms with Gasteiger partial charge in [0.1, 0.15) is 11.3 Å². The van der Waals surface area contributed by atoms with E-state index in [1.165, 1.54) is 66.6 Å². The molecule has 1 aliphatic carbocycles. The summed E-state index contributed by atoms with van der Waals surface area (Å²) in [5, 5.41) is 1.21. The fraction of sp³-hybridized carbons (Fsp3) is 0.105. The quantitative estimate of drug-likeness (QED) is 0.234. The normalized spacial score (nSPS) is 12.8. The highest BCUT2D eigenvalue weighted by atomic mass is 16.3. The van der Waals surface area contributed by atoms with Crippen LogP contribution < -0.4 is 0 Å². The van der Waals surface area contributed by atoms with Gasteiger partial charge in [-0.15, -0.1) is 0 Å². The SMILES string of the molecule is Cc1ccc(C2=Cc3c(oc4ccccc34)CC2)cc1-c1cc(-c2ccc(-c3ccccc3)cc2)ccc1C. The van der Waals surface area contributed by atoms with Crippen LogP contribution in [-0.4, -0.2) is 0 Å². The molecule has 39 heavy (non-hydrogen) atoms. The molecule has 0 saturated heterocycles. The summed E-state index contributed by atoms with van der Waals surface area (Å²) in [6, 6.07) is 41.6. The molecule has 0 amide bonds. The van der Waals surface area contributed by atoms with Crippen LogP contribution in [0.3, 0.4) is 0 Å². The first-order chi connectivity index (χ1) is 19.1. The number of para-hydroxylation sites is 1. The van der Waals surface area contributed by atoms with Gasteiger partial charge in [-0.1, -0.05) is 97.1 Å². The van der Waals surface area contributed by atoms with Crippen molar-refractivity contribution >= 4 is 22.6 Å². The molecule has 1 heterocycles. The minimum atomic E-state index is 0.937. The maximum Gasteiger partial charge on any atom is 0.134 e. The van der Waals surface area contributed by atoms with Crippen molar-refractivity contribution in [3.05, 3.63) is 143 Å². The Morgan fingerprint density at radius 2 is 1.08 bits per heavy atom. The molecule has 0 N–H and O–H groups in total. The summed E-state index contributed by atoms with van der Waals surface area (Å²) < 4.78 is 6.15. The minimum Gasteiger partial charge on any atom is -0.460 e. The molecular formula is C38H30O. The average molecular weight is 503 g/mol. The van der Waals surface area contributed by atoms with Gasteiger partial charge >= 0.3 is 0 Å². The van der Waals surface area contributed by atoms with E-state index in [4.69, 9.17) is 4.42 Å². The Bertz CT molecular complexity index is 1850. The van der Waals surface area contributed by atoms with Crippen LogP contribution in [0.15, 0.2) is 120 Å². The fourth-order valence-corrected chi connectivity index (χ4v) is 5.87. The summed E-state index contributed by atoms with van der Waals surface area (Å²) in [7, 11) is 0. The maximum absolute atomic E-state index is 6.15. The Hall–Kier alpha value is -4.62. The van der Waals surface area contributed by atoms with E-state index in [1.807, 2.05) is 6.07 Å². The summed E-state index contributed by atoms with van der Waals surface area (Å²) in [5.74, 6) is 1.11. The smallest absolute Gasteiger partial charge is 0.134 e. The van der Waals surface area contributed by atoms with Gasteiger partial charge in [-0.3, -0.25) is 0 Å². The number of rotatable bonds is 4. The number of hydrogen-bond donors (Lipinski definition) is 0. The number of fused-ring (bicyclic) bond motifs is 3. The number of benzene rings is 5. The minimum absolute atomic E-state index is 0.937. The molecule has 0 unspecified atom stereocenters. The first kappa shape index (κ1) is 23.5. The van der Waals surface area contributed by atoms with Crippen LogP contribution in [0.5, 0.6) is 0 Å². The van der Waals surface area contributed by atoms with Crippen molar-refractivity contribution in [2.24, 2.45) is 0 Å². The predicted molar refractivity (Wildman–Crippen MR) is 165 cm³/mol. The molecule has 5 aromatic carbocycles. The van der Waals surface area contributed by atoms with Crippen molar-refractivity contribution in [1.82, 2.24) is 0 Å². The zero-order valence-electron chi connectivity index (χ0n) is 22.4. The van der Waals surface area contributed by atoms with Gasteiger partial charge in [-0.2, -0.15) is 0 Å². The zero-order chi connectivity index (χ0) is 26.3. The third kappa shape index (κ3) is 4.30. The van der Waals surface area contributed by atoms with Crippen molar-refractivity contribution in [1.29, 1.82) is 0 Å². The van der Waals surface area contributed by atoms with Crippen LogP contribution in [0.4, 0.5) is 0 Å². The number of allylic oxidation sites excluding steroid dienone is 1. The van der Waals surface area contributed by atoms with Gasteiger partial charge in [0.2, 0.25) is 0 Å². The third-order valence-electron chi connectivity index (χ3n) is 8.11. The van der Waals surface area contributed by atoms with Gasteiger partial charge in [-0.05, 0) is 100 Å². The molecule has 188 valence electrons. The Kier molecular flexibility index (Phi) is 5.78. The predicted octanol–water partition coefficient (Wildman–Crippen LogP) is 10.5. The lowest BCUT2D eigenvalue weighted by molar-refractivity contribution is 0.548. The van der Waals surface area contributed by atoms with Gasteiger partial charge in [0, 0.05) is 17.4 Å². The molecule has 0 fully saturated rings. The second-order valence-electron chi connectivity index (χ2n) is 10.6. The van der Waals surface area contributed by atoms with Crippen LogP contribution in [0.2, 0.25) is 0 Å². The average Bonchev–Trinajstić information content (AvgIpc) is 3.36. The summed E-state index contributed by atoms with van der Waals surface area (Å²) in [6.45, 7) is 4.43. The number of hydrogen-bond acceptors (Lipinski definition) is 1. The maximum atomic E-state index is 6.15. The lowest BCUT2D eigenvalue weighted by atomic mass is 9.87. The second-order valence-corrected chi connectivity index (χ2v) is 10.6. The molecule has 7 rings (SSSR count). The van der Waals surface area contributed by atoms with Crippen LogP contribution in [0, 0.1) is 13.8 Å². The Morgan fingerprint density at radius 1 is 0.513 bits per heavy atom. The molecular weight excluding hydrogens is 472 g/mol. The summed E-state index contributed by atoms with van der Waals surface area (Å²) >= 11 is 0. The molecule has 0 bridgehead atoms. The Labute approximate surface area is 230 Å². The first-order valence-electron chi connectivity index (χ1n) is 13.7. The molecule has 1 aromatic heterocycles. The fourth-order valence-electron chi connectivity index (χ4n) is 5.87. The third-order valence-corrected chi connectivity index (χ3v) is 8.11. The molecule has 0 spiro atoms. The molecule has 0 aliphatic heterocycles. The van der Waals surface area contributed by atoms with E-state index < -0.39 is 0 Å². The second kappa shape index (κ2) is 9.60. The zero-order valence-corrected chi connectivity index (χ0v) is 22.4. The van der Waals surface area contributed by atoms with Crippen molar-refractivity contribution in [3.8, 4) is 33.4 Å². The summed E-state index contributed by atoms with van der Waals surface area (Å²) in [6.07, 6.45) is 4.27. The molecule has 0 saturated carbocycles. The molecule has 1 aliphatic rings. The van der Waals surface area contributed by atoms with Crippen molar-refractivity contribution in [2.75, 3.05) is 0 Å². The number of aryl methyl sites for hydroxylation is 3. The highest BCUT2D eigenvalue weighted by Crippen LogP contribution is 2.39. The Balaban J connectivity index is 1.26. The van der Waals surface area contributed by atoms with E-state index in [9.17, 15) is 0 Å². The van der Waals surface area contributed by atoms with Gasteiger partial charge in [0.05, 0.1) is 0 Å². The van der Waals surface area contributed by atoms with E-state index in [1.54, 1.807) is 0 Å². The summed E-state index contributed by atoms with van der Waals surface area (Å²) in [5.41, 5.74) is 15.0. The molecule has 1 heteroatoms. The standard InChI is InChI=1S/C38H30O/c1-25-12-14-30(29-18-16-28(17-19-29)27-8-4-3-5-9-27)22-34(25)35-23-31(15-13-26(35)2)32-20-21-38-36(24-32)33-10-6-7-11-37(33)39-38/h3-19,22-24H,20-21H2,1-2H3. The van der Waals surface area contributed by atoms with E-state index in [2.05, 4.69) is 129 Å². The van der Waals surface area contributed by atoms with Crippen LogP contribution >= 0.6 is 0 Å². The highest BCUT2D eigenvalue weighted by molar-refractivity contribution is 5.96. The van der Waals surface area contributed by atoms with Gasteiger partial charge in [-0.25, -0.2) is 0 Å². The van der Waals surface area contributed by atoms with Crippen molar-refractivity contribution in [3.63, 3.8) is 0 Å². The van der Waals surface area contributed by atoms with E-state index in [0.29, 0.717) is 0 Å². The van der Waals surface area contributed by atoms with Gasteiger partial charge in [0.25, 0.3) is 0 Å². The van der Waals surface area contributed by atoms with Crippen molar-refractivity contribution in [2.45, 2.75) is 26.7 Å². The lowest BCUT2D eigenvalue weighted by Gasteiger charge is -2.17. The molecule has 0 atom stereocenters. The van der Waals surface area contributed by atoms with Gasteiger partial charge in [0.15, 0.2) is 0 Å². The van der Waals surface area contributed by atoms with Crippen LogP contribution in [0.1, 0.15) is 34.4 Å². The van der Waals surface area contributed by atoms with Crippen LogP contribution in [-0.2, 0) is 6.42 Å². The van der Waals surface area contributed by atoms with E-state index in [0.717, 1.165) is 24.2 Å². The largest absolute Gasteiger partial charge is 0.460 e. The topological polar surface area (TPSA) is 13.1 Å². The number of furan rings is 1. The molecule has 0 radical (unpaired) electrons. The monoisotopic (exact) mass is 502 g/mol. The highest BCUT2D eigenvalue weighted by Gasteiger charge is 2.19. The Morgan fingerprint density at radius 3 is 1.82 bits per heavy atom. The molecule has 6 aromatic rings. The first-order valence-corrected chi connectivity index (χ1v) is 13.7. The van der Waals surface area contributed by atoms with Gasteiger partial charge < -0.3 is 4.42 Å². The van der Waals surface area contributed by atoms with E-state index >= 15 is 0 Å². The van der Waals surface area contributed by atoms with Crippen LogP contribution in [0.25, 0.3) is 56.0 Å². The molecule has 1 nitrogen and oxygen atoms in total. The van der Waals surface area contributed by atoms with Crippen molar-refractivity contribution < 1.29 is 4.42 Å². The van der Waals surface area contributed by atoms with E-state index in [-0.39, 0.29) is 0 Å².